The van der Waals surface area contributed by atoms with E-state index < -0.39 is 6.17 Å². The highest BCUT2D eigenvalue weighted by Gasteiger charge is 2.26. The molecule has 0 aliphatic carbocycles. The third kappa shape index (κ3) is 2.37. The quantitative estimate of drug-likeness (QED) is 0.781. The fourth-order valence-electron chi connectivity index (χ4n) is 2.82. The van der Waals surface area contributed by atoms with Gasteiger partial charge in [0, 0.05) is 24.0 Å². The van der Waals surface area contributed by atoms with Gasteiger partial charge in [0.2, 0.25) is 0 Å². The van der Waals surface area contributed by atoms with Gasteiger partial charge < -0.3 is 10.0 Å². The molecule has 3 heterocycles. The van der Waals surface area contributed by atoms with Gasteiger partial charge in [-0.3, -0.25) is 4.40 Å². The minimum Gasteiger partial charge on any atom is -0.507 e. The Kier molecular flexibility index (Phi) is 3.30. The van der Waals surface area contributed by atoms with Crippen LogP contribution in [0.2, 0.25) is 5.02 Å². The molecule has 1 saturated heterocycles. The van der Waals surface area contributed by atoms with Crippen molar-refractivity contribution in [2.75, 3.05) is 18.0 Å². The highest BCUT2D eigenvalue weighted by atomic mass is 35.5. The highest BCUT2D eigenvalue weighted by Crippen LogP contribution is 2.32. The van der Waals surface area contributed by atoms with Crippen molar-refractivity contribution in [2.45, 2.75) is 12.6 Å². The molecule has 1 aliphatic heterocycles. The normalized spacial score (nSPS) is 18.0. The molecule has 0 unspecified atom stereocenters. The lowest BCUT2D eigenvalue weighted by molar-refractivity contribution is 0.364. The fourth-order valence-corrected chi connectivity index (χ4v) is 2.99. The van der Waals surface area contributed by atoms with E-state index in [4.69, 9.17) is 11.6 Å². The number of aromatic hydroxyl groups is 1. The van der Waals surface area contributed by atoms with Crippen molar-refractivity contribution >= 4 is 23.1 Å². The number of benzene rings is 1. The molecular formula is C15H13ClFN5O. The minimum atomic E-state index is -0.855. The van der Waals surface area contributed by atoms with Crippen LogP contribution in [0.4, 0.5) is 10.2 Å². The molecule has 118 valence electrons. The summed E-state index contributed by atoms with van der Waals surface area (Å²) in [4.78, 5) is 6.15. The maximum atomic E-state index is 13.5. The first kappa shape index (κ1) is 14.2. The molecule has 1 aromatic carbocycles. The molecule has 1 aliphatic rings. The zero-order chi connectivity index (χ0) is 16.0. The van der Waals surface area contributed by atoms with Gasteiger partial charge in [-0.25, -0.2) is 9.37 Å². The zero-order valence-corrected chi connectivity index (χ0v) is 12.8. The van der Waals surface area contributed by atoms with E-state index in [1.807, 2.05) is 4.90 Å². The van der Waals surface area contributed by atoms with Crippen molar-refractivity contribution in [1.29, 1.82) is 0 Å². The van der Waals surface area contributed by atoms with Gasteiger partial charge in [0.25, 0.3) is 0 Å². The summed E-state index contributed by atoms with van der Waals surface area (Å²) in [5.74, 6) is 1.01. The number of nitrogens with zero attached hydrogens (tertiary/aromatic N) is 5. The molecule has 1 N–H and O–H groups in total. The third-order valence-corrected chi connectivity index (χ3v) is 4.17. The lowest BCUT2D eigenvalue weighted by atomic mass is 10.2. The zero-order valence-electron chi connectivity index (χ0n) is 12.0. The van der Waals surface area contributed by atoms with Gasteiger partial charge in [-0.2, -0.15) is 0 Å². The summed E-state index contributed by atoms with van der Waals surface area (Å²) in [5, 5.41) is 19.0. The van der Waals surface area contributed by atoms with E-state index in [1.165, 1.54) is 6.07 Å². The second kappa shape index (κ2) is 5.34. The Morgan fingerprint density at radius 1 is 1.30 bits per heavy atom. The Bertz CT molecular complexity index is 883. The summed E-state index contributed by atoms with van der Waals surface area (Å²) in [6, 6.07) is 4.79. The van der Waals surface area contributed by atoms with Crippen LogP contribution in [0.15, 0.2) is 30.6 Å². The van der Waals surface area contributed by atoms with E-state index in [-0.39, 0.29) is 5.75 Å². The van der Waals surface area contributed by atoms with E-state index in [2.05, 4.69) is 15.2 Å². The predicted molar refractivity (Wildman–Crippen MR) is 84.6 cm³/mol. The number of anilines is 1. The summed E-state index contributed by atoms with van der Waals surface area (Å²) in [6.45, 7) is 0.882. The van der Waals surface area contributed by atoms with Crippen LogP contribution in [0.5, 0.6) is 5.75 Å². The first-order valence-electron chi connectivity index (χ1n) is 7.21. The van der Waals surface area contributed by atoms with Gasteiger partial charge in [-0.15, -0.1) is 10.2 Å². The van der Waals surface area contributed by atoms with Gasteiger partial charge in [0.15, 0.2) is 17.3 Å². The monoisotopic (exact) mass is 333 g/mol. The van der Waals surface area contributed by atoms with Gasteiger partial charge in [-0.1, -0.05) is 11.6 Å². The third-order valence-electron chi connectivity index (χ3n) is 3.94. The molecule has 0 radical (unpaired) electrons. The summed E-state index contributed by atoms with van der Waals surface area (Å²) < 4.78 is 15.2. The van der Waals surface area contributed by atoms with Crippen LogP contribution in [0, 0.1) is 0 Å². The SMILES string of the molecule is Oc1cc(Cl)ccc1-c1nnc(N2CC[C@@H](F)C2)c2nccn12. The predicted octanol–water partition coefficient (Wildman–Crippen LogP) is 2.70. The summed E-state index contributed by atoms with van der Waals surface area (Å²) in [6.07, 6.45) is 2.99. The number of hydrogen-bond acceptors (Lipinski definition) is 5. The number of rotatable bonds is 2. The molecule has 8 heteroatoms. The molecule has 6 nitrogen and oxygen atoms in total. The van der Waals surface area contributed by atoms with Crippen LogP contribution in [0.1, 0.15) is 6.42 Å². The molecule has 0 spiro atoms. The van der Waals surface area contributed by atoms with Crippen molar-refractivity contribution in [3.05, 3.63) is 35.6 Å². The number of aromatic nitrogens is 4. The number of phenols is 1. The Hall–Kier alpha value is -2.41. The minimum absolute atomic E-state index is 0.0135. The van der Waals surface area contributed by atoms with Crippen molar-refractivity contribution in [2.24, 2.45) is 0 Å². The number of phenolic OH excluding ortho intramolecular Hbond substituents is 1. The molecule has 4 rings (SSSR count). The average molecular weight is 334 g/mol. The van der Waals surface area contributed by atoms with Crippen LogP contribution >= 0.6 is 11.6 Å². The molecular weight excluding hydrogens is 321 g/mol. The molecule has 1 atom stereocenters. The standard InChI is InChI=1S/C15H13ClFN5O/c16-9-1-2-11(12(23)7-9)13-19-20-15(14-18-4-6-22(13)14)21-5-3-10(17)8-21/h1-2,4,6-7,10,23H,3,5,8H2/t10-/m1/s1. The van der Waals surface area contributed by atoms with E-state index >= 15 is 0 Å². The maximum absolute atomic E-state index is 13.5. The number of fused-ring (bicyclic) bond motifs is 1. The fraction of sp³-hybridized carbons (Fsp3) is 0.267. The topological polar surface area (TPSA) is 66.6 Å². The van der Waals surface area contributed by atoms with Crippen LogP contribution in [0.25, 0.3) is 17.0 Å². The second-order valence-corrected chi connectivity index (χ2v) is 5.90. The van der Waals surface area contributed by atoms with E-state index in [9.17, 15) is 9.50 Å². The van der Waals surface area contributed by atoms with E-state index in [0.29, 0.717) is 47.4 Å². The number of alkyl halides is 1. The van der Waals surface area contributed by atoms with Gasteiger partial charge in [0.1, 0.15) is 11.9 Å². The lowest BCUT2D eigenvalue weighted by Gasteiger charge is -2.17. The van der Waals surface area contributed by atoms with E-state index in [1.54, 1.807) is 28.9 Å². The molecule has 0 bridgehead atoms. The van der Waals surface area contributed by atoms with Crippen molar-refractivity contribution < 1.29 is 9.50 Å². The van der Waals surface area contributed by atoms with Crippen LogP contribution in [-0.4, -0.2) is 43.9 Å². The largest absolute Gasteiger partial charge is 0.507 e. The summed E-state index contributed by atoms with van der Waals surface area (Å²) in [7, 11) is 0. The van der Waals surface area contributed by atoms with Crippen LogP contribution in [0.3, 0.4) is 0 Å². The molecule has 1 fully saturated rings. The summed E-state index contributed by atoms with van der Waals surface area (Å²) in [5.41, 5.74) is 1.08. The molecule has 3 aromatic rings. The van der Waals surface area contributed by atoms with Crippen molar-refractivity contribution in [1.82, 2.24) is 19.6 Å². The number of hydrogen-bond donors (Lipinski definition) is 1. The second-order valence-electron chi connectivity index (χ2n) is 5.46. The van der Waals surface area contributed by atoms with Crippen molar-refractivity contribution in [3.8, 4) is 17.1 Å². The van der Waals surface area contributed by atoms with Crippen LogP contribution < -0.4 is 4.90 Å². The average Bonchev–Trinajstić information content (AvgIpc) is 3.16. The van der Waals surface area contributed by atoms with Gasteiger partial charge >= 0.3 is 0 Å². The van der Waals surface area contributed by atoms with Gasteiger partial charge in [-0.05, 0) is 24.6 Å². The smallest absolute Gasteiger partial charge is 0.195 e. The highest BCUT2D eigenvalue weighted by molar-refractivity contribution is 6.30. The van der Waals surface area contributed by atoms with Gasteiger partial charge in [0.05, 0.1) is 12.1 Å². The summed E-state index contributed by atoms with van der Waals surface area (Å²) >= 11 is 5.87. The van der Waals surface area contributed by atoms with E-state index in [0.717, 1.165) is 0 Å². The Balaban J connectivity index is 1.86. The molecule has 0 saturated carbocycles. The Morgan fingerprint density at radius 3 is 2.91 bits per heavy atom. The van der Waals surface area contributed by atoms with Crippen LogP contribution in [-0.2, 0) is 0 Å². The maximum Gasteiger partial charge on any atom is 0.195 e. The molecule has 23 heavy (non-hydrogen) atoms. The first-order chi connectivity index (χ1) is 11.1. The number of imidazole rings is 1. The van der Waals surface area contributed by atoms with Crippen molar-refractivity contribution in [3.63, 3.8) is 0 Å². The Labute approximate surface area is 136 Å². The number of halogens is 2. The lowest BCUT2D eigenvalue weighted by Crippen LogP contribution is -2.23. The Morgan fingerprint density at radius 2 is 2.17 bits per heavy atom. The molecule has 0 amide bonds. The molecule has 2 aromatic heterocycles. The first-order valence-corrected chi connectivity index (χ1v) is 7.59.